The van der Waals surface area contributed by atoms with E-state index >= 15 is 4.39 Å². The maximum atomic E-state index is 15.0. The van der Waals surface area contributed by atoms with Gasteiger partial charge < -0.3 is 14.6 Å². The van der Waals surface area contributed by atoms with Crippen LogP contribution in [0.15, 0.2) is 12.1 Å². The summed E-state index contributed by atoms with van der Waals surface area (Å²) in [5.74, 6) is 0.571. The van der Waals surface area contributed by atoms with Gasteiger partial charge in [-0.15, -0.1) is 0 Å². The number of anilines is 1. The van der Waals surface area contributed by atoms with Crippen molar-refractivity contribution in [2.45, 2.75) is 91.0 Å². The van der Waals surface area contributed by atoms with E-state index in [1.54, 1.807) is 0 Å². The van der Waals surface area contributed by atoms with E-state index in [1.807, 2.05) is 9.25 Å². The summed E-state index contributed by atoms with van der Waals surface area (Å²) < 4.78 is 31.2. The first-order valence-corrected chi connectivity index (χ1v) is 22.0. The normalized spacial score (nSPS) is 20.2. The molecule has 2 atom stereocenters. The van der Waals surface area contributed by atoms with E-state index in [9.17, 15) is 9.90 Å². The molecule has 1 amide bonds. The summed E-state index contributed by atoms with van der Waals surface area (Å²) >= 11 is 0. The lowest BCUT2D eigenvalue weighted by molar-refractivity contribution is 0.0756. The summed E-state index contributed by atoms with van der Waals surface area (Å²) in [5.41, 5.74) is 4.37. The smallest absolute Gasteiger partial charge is 0.409 e. The fourth-order valence-electron chi connectivity index (χ4n) is 5.63. The topological polar surface area (TPSA) is 103 Å². The molecule has 41 heavy (non-hydrogen) atoms. The number of nitrogens with zero attached hydrogens (tertiary/aromatic N) is 4. The highest BCUT2D eigenvalue weighted by molar-refractivity contribution is 6.76. The maximum Gasteiger partial charge on any atom is 0.409 e. The summed E-state index contributed by atoms with van der Waals surface area (Å²) in [6.07, 6.45) is 1.75. The molecular weight excluding hydrogens is 558 g/mol. The number of imidazole rings is 1. The van der Waals surface area contributed by atoms with Crippen LogP contribution in [0.2, 0.25) is 51.4 Å². The van der Waals surface area contributed by atoms with E-state index in [0.29, 0.717) is 48.1 Å². The molecule has 0 aliphatic heterocycles. The molecule has 224 valence electrons. The van der Waals surface area contributed by atoms with Crippen LogP contribution in [0.5, 0.6) is 0 Å². The summed E-state index contributed by atoms with van der Waals surface area (Å²) in [6, 6.07) is 4.88. The molecule has 0 bridgehead atoms. The molecule has 1 saturated carbocycles. The van der Waals surface area contributed by atoms with E-state index < -0.39 is 28.1 Å². The van der Waals surface area contributed by atoms with E-state index in [4.69, 9.17) is 19.6 Å². The van der Waals surface area contributed by atoms with Crippen molar-refractivity contribution in [3.8, 4) is 11.5 Å². The lowest BCUT2D eigenvalue weighted by Crippen LogP contribution is -2.23. The Morgan fingerprint density at radius 1 is 1.12 bits per heavy atom. The average molecular weight is 602 g/mol. The Kier molecular flexibility index (Phi) is 7.99. The van der Waals surface area contributed by atoms with Gasteiger partial charge in [-0.3, -0.25) is 9.88 Å². The summed E-state index contributed by atoms with van der Waals surface area (Å²) in [4.78, 5) is 16.2. The maximum absolute atomic E-state index is 15.0. The predicted molar refractivity (Wildman–Crippen MR) is 164 cm³/mol. The van der Waals surface area contributed by atoms with Crippen LogP contribution >= 0.6 is 0 Å². The zero-order chi connectivity index (χ0) is 29.7. The van der Waals surface area contributed by atoms with Crippen LogP contribution < -0.4 is 5.32 Å². The van der Waals surface area contributed by atoms with Crippen molar-refractivity contribution in [1.29, 1.82) is 0 Å². The van der Waals surface area contributed by atoms with Gasteiger partial charge in [-0.2, -0.15) is 5.10 Å². The molecule has 2 aliphatic carbocycles. The van der Waals surface area contributed by atoms with Crippen LogP contribution in [0.25, 0.3) is 22.6 Å². The Morgan fingerprint density at radius 2 is 1.78 bits per heavy atom. The number of carboxylic acid groups (broad SMARTS) is 1. The fraction of sp³-hybridized carbons (Fsp3) is 0.621. The van der Waals surface area contributed by atoms with Crippen LogP contribution in [0, 0.1) is 17.2 Å². The highest BCUT2D eigenvalue weighted by Crippen LogP contribution is 2.60. The highest BCUT2D eigenvalue weighted by atomic mass is 28.3. The summed E-state index contributed by atoms with van der Waals surface area (Å²) in [5, 5.41) is 16.4. The molecule has 0 spiro atoms. The molecule has 5 rings (SSSR count). The molecule has 3 aromatic rings. The first-order valence-electron chi connectivity index (χ1n) is 14.6. The minimum absolute atomic E-state index is 0.127. The molecule has 2 heterocycles. The van der Waals surface area contributed by atoms with Crippen LogP contribution in [-0.4, -0.2) is 59.9 Å². The minimum atomic E-state index is -1.33. The third-order valence-corrected chi connectivity index (χ3v) is 11.9. The number of aromatic nitrogens is 4. The van der Waals surface area contributed by atoms with Gasteiger partial charge in [0, 0.05) is 46.7 Å². The lowest BCUT2D eigenvalue weighted by atomic mass is 9.87. The molecule has 0 radical (unpaired) electrons. The minimum Gasteiger partial charge on any atom is -0.465 e. The van der Waals surface area contributed by atoms with Gasteiger partial charge in [-0.05, 0) is 48.7 Å². The van der Waals surface area contributed by atoms with Crippen molar-refractivity contribution < 1.29 is 23.8 Å². The number of benzene rings is 1. The molecule has 1 fully saturated rings. The third kappa shape index (κ3) is 6.76. The number of fused-ring (bicyclic) bond motifs is 3. The van der Waals surface area contributed by atoms with Crippen molar-refractivity contribution in [1.82, 2.24) is 19.3 Å². The van der Waals surface area contributed by atoms with Gasteiger partial charge in [0.25, 0.3) is 0 Å². The van der Waals surface area contributed by atoms with Gasteiger partial charge in [0.1, 0.15) is 25.0 Å². The quantitative estimate of drug-likeness (QED) is 0.173. The van der Waals surface area contributed by atoms with Gasteiger partial charge in [-0.25, -0.2) is 18.9 Å². The van der Waals surface area contributed by atoms with Crippen molar-refractivity contribution in [3.05, 3.63) is 29.2 Å². The van der Waals surface area contributed by atoms with Gasteiger partial charge >= 0.3 is 6.09 Å². The second-order valence-electron chi connectivity index (χ2n) is 14.5. The van der Waals surface area contributed by atoms with Crippen LogP contribution in [0.1, 0.15) is 24.6 Å². The third-order valence-electron chi connectivity index (χ3n) is 8.44. The van der Waals surface area contributed by atoms with E-state index in [1.165, 1.54) is 29.8 Å². The first-order chi connectivity index (χ1) is 19.1. The molecule has 12 heteroatoms. The zero-order valence-electron chi connectivity index (χ0n) is 25.4. The number of amides is 1. The molecule has 2 aliphatic rings. The molecule has 0 saturated heterocycles. The number of nitrogens with one attached hydrogen (secondary N) is 1. The molecular formula is C29H44FN5O4Si2. The van der Waals surface area contributed by atoms with Gasteiger partial charge in [0.2, 0.25) is 0 Å². The second-order valence-corrected chi connectivity index (χ2v) is 25.8. The SMILES string of the molecule is C[C@@]12Cc3c(c(-c4nc5cc(NC(=O)O)c(F)cc5n4COCC[Si](C)(C)C)nn3COCC[Si](C)(C)C)C[C@@H]1C2. The Balaban J connectivity index is 1.54. The molecule has 2 N–H and O–H groups in total. The predicted octanol–water partition coefficient (Wildman–Crippen LogP) is 6.88. The molecule has 2 aromatic heterocycles. The van der Waals surface area contributed by atoms with Crippen molar-refractivity contribution >= 4 is 39.0 Å². The summed E-state index contributed by atoms with van der Waals surface area (Å²) in [7, 11) is -2.51. The number of ether oxygens (including phenoxy) is 2. The fourth-order valence-corrected chi connectivity index (χ4v) is 7.15. The van der Waals surface area contributed by atoms with E-state index in [2.05, 4.69) is 51.5 Å². The molecule has 1 aromatic carbocycles. The van der Waals surface area contributed by atoms with Gasteiger partial charge in [-0.1, -0.05) is 46.2 Å². The van der Waals surface area contributed by atoms with Crippen molar-refractivity contribution in [2.24, 2.45) is 11.3 Å². The van der Waals surface area contributed by atoms with Crippen molar-refractivity contribution in [3.63, 3.8) is 0 Å². The van der Waals surface area contributed by atoms with Crippen LogP contribution in [0.3, 0.4) is 0 Å². The van der Waals surface area contributed by atoms with Crippen molar-refractivity contribution in [2.75, 3.05) is 18.5 Å². The molecule has 0 unspecified atom stereocenters. The van der Waals surface area contributed by atoms with Gasteiger partial charge in [0.05, 0.1) is 16.7 Å². The number of hydrogen-bond donors (Lipinski definition) is 2. The highest BCUT2D eigenvalue weighted by Gasteiger charge is 2.54. The number of rotatable bonds is 12. The largest absolute Gasteiger partial charge is 0.465 e. The number of hydrogen-bond acceptors (Lipinski definition) is 5. The monoisotopic (exact) mass is 601 g/mol. The van der Waals surface area contributed by atoms with Gasteiger partial charge in [0.15, 0.2) is 5.82 Å². The lowest BCUT2D eigenvalue weighted by Gasteiger charge is -2.20. The number of halogens is 1. The zero-order valence-corrected chi connectivity index (χ0v) is 27.4. The Labute approximate surface area is 243 Å². The van der Waals surface area contributed by atoms with Crippen LogP contribution in [-0.2, 0) is 35.8 Å². The first kappa shape index (κ1) is 29.9. The Morgan fingerprint density at radius 3 is 2.41 bits per heavy atom. The summed E-state index contributed by atoms with van der Waals surface area (Å²) in [6.45, 7) is 18.2. The Hall–Kier alpha value is -2.55. The molecule has 9 nitrogen and oxygen atoms in total. The number of carbonyl (C=O) groups is 1. The van der Waals surface area contributed by atoms with Crippen LogP contribution in [0.4, 0.5) is 14.9 Å². The standard InChI is InChI=1S/C29H44FN5O4Si2/c1-29-15-19(29)12-20-25(16-29)35(18-39-9-11-41(5,6)7)33-26(20)27-31-23-14-22(32-28(36)37)21(30)13-24(23)34(27)17-38-8-10-40(2,3)4/h13-14,19,32H,8-12,15-18H2,1-7H3,(H,36,37)/t19-,29-/m1/s1. The Bertz CT molecular complexity index is 1460. The van der Waals surface area contributed by atoms with E-state index in [-0.39, 0.29) is 12.4 Å². The van der Waals surface area contributed by atoms with E-state index in [0.717, 1.165) is 30.6 Å². The average Bonchev–Trinajstić information content (AvgIpc) is 3.23. The second kappa shape index (κ2) is 10.9.